The van der Waals surface area contributed by atoms with E-state index in [9.17, 15) is 0 Å². The summed E-state index contributed by atoms with van der Waals surface area (Å²) in [5.41, 5.74) is 1.22. The second-order valence-electron chi connectivity index (χ2n) is 8.46. The molecule has 0 amide bonds. The third-order valence-corrected chi connectivity index (χ3v) is 16.3. The number of aryl methyl sites for hydroxylation is 1. The van der Waals surface area contributed by atoms with Crippen LogP contribution in [-0.2, 0) is 6.54 Å². The molecule has 0 N–H and O–H groups in total. The van der Waals surface area contributed by atoms with Gasteiger partial charge in [0.1, 0.15) is 0 Å². The zero-order valence-corrected chi connectivity index (χ0v) is 23.3. The van der Waals surface area contributed by atoms with Gasteiger partial charge in [0.25, 0.3) is 0 Å². The summed E-state index contributed by atoms with van der Waals surface area (Å²) in [5.74, 6) is 0. The second kappa shape index (κ2) is 11.0. The van der Waals surface area contributed by atoms with Gasteiger partial charge in [0.2, 0.25) is 0 Å². The van der Waals surface area contributed by atoms with Crippen molar-refractivity contribution in [1.82, 2.24) is 0 Å². The molecule has 4 rings (SSSR count). The van der Waals surface area contributed by atoms with E-state index >= 15 is 0 Å². The molecule has 0 fully saturated rings. The van der Waals surface area contributed by atoms with Crippen LogP contribution in [0.4, 0.5) is 5.69 Å². The number of benzene rings is 3. The summed E-state index contributed by atoms with van der Waals surface area (Å²) in [5, 5.41) is 1.31. The van der Waals surface area contributed by atoms with Crippen LogP contribution in [0.1, 0.15) is 6.42 Å². The Balaban J connectivity index is 0.00000306. The van der Waals surface area contributed by atoms with Crippen molar-refractivity contribution in [3.05, 3.63) is 116 Å². The average Bonchev–Trinajstić information content (AvgIpc) is 2.86. The Hall–Kier alpha value is -2.00. The fourth-order valence-electron chi connectivity index (χ4n) is 4.50. The molecule has 5 heteroatoms. The summed E-state index contributed by atoms with van der Waals surface area (Å²) in [6.07, 6.45) is 6.48. The Labute approximate surface area is 216 Å². The van der Waals surface area contributed by atoms with E-state index in [1.54, 1.807) is 0 Å². The number of hydrogen-bond acceptors (Lipinski definition) is 1. The van der Waals surface area contributed by atoms with E-state index in [2.05, 4.69) is 155 Å². The van der Waals surface area contributed by atoms with Crippen LogP contribution in [0, 0.1) is 0 Å². The van der Waals surface area contributed by atoms with E-state index in [1.165, 1.54) is 21.6 Å². The van der Waals surface area contributed by atoms with Crippen molar-refractivity contribution >= 4 is 42.4 Å². The van der Waals surface area contributed by atoms with Crippen LogP contribution in [0.5, 0.6) is 0 Å². The first-order valence-electron chi connectivity index (χ1n) is 11.1. The summed E-state index contributed by atoms with van der Waals surface area (Å²) >= 11 is 4.54. The largest absolute Gasteiger partial charge is 1.00 e. The quantitative estimate of drug-likeness (QED) is 0.227. The number of hydrogen-bond donors (Lipinski definition) is 0. The standard InChI is InChI=1S/C28H31BrN2P.BrH/c1-30(2)25-19-22-31(23-20-25)21-12-24-32(29,26-13-6-3-7-14-26,27-15-8-4-9-16-27)28-17-10-5-11-18-28;/h3-11,13-20,22-23H,12,21,24H2,1-2H3;1H/q+1;/p-1. The normalized spacial score (nSPS) is 12.3. The third kappa shape index (κ3) is 5.09. The molecule has 0 atom stereocenters. The molecule has 0 spiro atoms. The number of aromatic nitrogens is 1. The summed E-state index contributed by atoms with van der Waals surface area (Å²) in [4.78, 5) is 2.13. The molecule has 1 heterocycles. The molecule has 0 aliphatic rings. The third-order valence-electron chi connectivity index (χ3n) is 6.27. The van der Waals surface area contributed by atoms with Gasteiger partial charge in [-0.05, 0) is 0 Å². The molecule has 0 aliphatic carbocycles. The van der Waals surface area contributed by atoms with Crippen molar-refractivity contribution in [3.8, 4) is 0 Å². The van der Waals surface area contributed by atoms with Crippen molar-refractivity contribution in [2.75, 3.05) is 25.2 Å². The Kier molecular flexibility index (Phi) is 8.50. The molecule has 1 aromatic heterocycles. The Bertz CT molecular complexity index is 1040. The topological polar surface area (TPSA) is 7.12 Å². The minimum absolute atomic E-state index is 0. The van der Waals surface area contributed by atoms with Gasteiger partial charge in [-0.2, -0.15) is 0 Å². The van der Waals surface area contributed by atoms with Crippen molar-refractivity contribution in [2.45, 2.75) is 13.0 Å². The Morgan fingerprint density at radius 1 is 0.667 bits per heavy atom. The van der Waals surface area contributed by atoms with E-state index in [0.29, 0.717) is 0 Å². The van der Waals surface area contributed by atoms with Gasteiger partial charge in [0.15, 0.2) is 0 Å². The van der Waals surface area contributed by atoms with Crippen LogP contribution in [0.15, 0.2) is 116 Å². The summed E-state index contributed by atoms with van der Waals surface area (Å²) in [6, 6.07) is 37.5. The van der Waals surface area contributed by atoms with E-state index in [4.69, 9.17) is 0 Å². The first kappa shape index (κ1) is 25.6. The predicted molar refractivity (Wildman–Crippen MR) is 145 cm³/mol. The van der Waals surface area contributed by atoms with E-state index in [1.807, 2.05) is 0 Å². The predicted octanol–water partition coefficient (Wildman–Crippen LogP) is 2.27. The van der Waals surface area contributed by atoms with Gasteiger partial charge in [0.05, 0.1) is 0 Å². The van der Waals surface area contributed by atoms with Crippen molar-refractivity contribution in [2.24, 2.45) is 0 Å². The van der Waals surface area contributed by atoms with Gasteiger partial charge in [-0.1, -0.05) is 0 Å². The van der Waals surface area contributed by atoms with Gasteiger partial charge in [-0.3, -0.25) is 0 Å². The van der Waals surface area contributed by atoms with Crippen molar-refractivity contribution in [1.29, 1.82) is 0 Å². The molecule has 0 bridgehead atoms. The molecule has 3 aromatic carbocycles. The molecule has 33 heavy (non-hydrogen) atoms. The molecule has 0 saturated carbocycles. The SMILES string of the molecule is CN(C)c1cc[n+](CCCP(Br)(c2ccccc2)(c2ccccc2)c2ccccc2)cc1.[Br-]. The molecular formula is C28H31Br2N2P. The van der Waals surface area contributed by atoms with Gasteiger partial charge >= 0.3 is 201 Å². The summed E-state index contributed by atoms with van der Waals surface area (Å²) in [6.45, 7) is 0.976. The minimum Gasteiger partial charge on any atom is -1.00 e. The average molecular weight is 586 g/mol. The number of halogens is 2. The number of anilines is 1. The van der Waals surface area contributed by atoms with Gasteiger partial charge < -0.3 is 17.0 Å². The molecule has 2 nitrogen and oxygen atoms in total. The van der Waals surface area contributed by atoms with E-state index in [-0.39, 0.29) is 17.0 Å². The molecule has 0 saturated heterocycles. The van der Waals surface area contributed by atoms with E-state index < -0.39 is 5.31 Å². The first-order chi connectivity index (χ1) is 15.5. The molecule has 0 unspecified atom stereocenters. The second-order valence-corrected chi connectivity index (χ2v) is 17.5. The van der Waals surface area contributed by atoms with Crippen LogP contribution >= 0.6 is 20.8 Å². The van der Waals surface area contributed by atoms with Crippen LogP contribution < -0.4 is 42.4 Å². The van der Waals surface area contributed by atoms with Crippen LogP contribution in [-0.4, -0.2) is 20.3 Å². The van der Waals surface area contributed by atoms with Crippen molar-refractivity contribution < 1.29 is 21.5 Å². The first-order valence-corrected chi connectivity index (χ1v) is 15.5. The molecular weight excluding hydrogens is 555 g/mol. The zero-order valence-electron chi connectivity index (χ0n) is 19.2. The molecule has 0 radical (unpaired) electrons. The zero-order chi connectivity index (χ0) is 22.5. The monoisotopic (exact) mass is 584 g/mol. The fourth-order valence-corrected chi connectivity index (χ4v) is 12.2. The number of rotatable bonds is 8. The minimum atomic E-state index is -2.83. The molecule has 4 aromatic rings. The molecule has 172 valence electrons. The van der Waals surface area contributed by atoms with Crippen LogP contribution in [0.3, 0.4) is 0 Å². The van der Waals surface area contributed by atoms with Crippen LogP contribution in [0.2, 0.25) is 0 Å². The summed E-state index contributed by atoms with van der Waals surface area (Å²) < 4.78 is 2.29. The van der Waals surface area contributed by atoms with Gasteiger partial charge in [-0.15, -0.1) is 0 Å². The Morgan fingerprint density at radius 2 is 1.06 bits per heavy atom. The molecule has 0 aliphatic heterocycles. The maximum Gasteiger partial charge on any atom is -1.00 e. The maximum absolute atomic E-state index is 4.54. The number of nitrogens with zero attached hydrogens (tertiary/aromatic N) is 2. The maximum atomic E-state index is 4.54. The fraction of sp³-hybridized carbons (Fsp3) is 0.179. The van der Waals surface area contributed by atoms with Gasteiger partial charge in [0, 0.05) is 0 Å². The Morgan fingerprint density at radius 3 is 1.42 bits per heavy atom. The summed E-state index contributed by atoms with van der Waals surface area (Å²) in [7, 11) is 4.15. The van der Waals surface area contributed by atoms with E-state index in [0.717, 1.165) is 19.1 Å². The smallest absolute Gasteiger partial charge is 1.00 e. The van der Waals surface area contributed by atoms with Gasteiger partial charge in [-0.25, -0.2) is 0 Å². The van der Waals surface area contributed by atoms with Crippen molar-refractivity contribution in [3.63, 3.8) is 0 Å². The van der Waals surface area contributed by atoms with Crippen LogP contribution in [0.25, 0.3) is 0 Å². The number of pyridine rings is 1.